The molecule has 4 N–H and O–H groups in total. The third-order valence-corrected chi connectivity index (χ3v) is 3.62. The molecular formula is C12H18N4O4S. The minimum atomic E-state index is -1.13. The zero-order valence-electron chi connectivity index (χ0n) is 12.0. The number of hydrogen-bond acceptors (Lipinski definition) is 5. The van der Waals surface area contributed by atoms with E-state index in [1.165, 1.54) is 6.92 Å². The maximum absolute atomic E-state index is 11.8. The first kappa shape index (κ1) is 17.0. The van der Waals surface area contributed by atoms with Crippen LogP contribution in [0.15, 0.2) is 0 Å². The summed E-state index contributed by atoms with van der Waals surface area (Å²) in [6, 6.07) is -1.00. The van der Waals surface area contributed by atoms with E-state index >= 15 is 0 Å². The summed E-state index contributed by atoms with van der Waals surface area (Å²) in [7, 11) is 0. The smallest absolute Gasteiger partial charge is 0.327 e. The summed E-state index contributed by atoms with van der Waals surface area (Å²) in [5.41, 5.74) is 2.08. The molecule has 0 saturated carbocycles. The average Bonchev–Trinajstić information content (AvgIpc) is 2.68. The molecule has 0 bridgehead atoms. The van der Waals surface area contributed by atoms with Gasteiger partial charge in [0, 0.05) is 12.7 Å². The van der Waals surface area contributed by atoms with Crippen molar-refractivity contribution in [2.24, 2.45) is 0 Å². The van der Waals surface area contributed by atoms with E-state index in [2.05, 4.69) is 20.8 Å². The number of H-pyrrole nitrogens is 1. The number of aryl methyl sites for hydroxylation is 2. The summed E-state index contributed by atoms with van der Waals surface area (Å²) >= 11 is 1.14. The fraction of sp³-hybridized carbons (Fsp3) is 0.500. The zero-order valence-corrected chi connectivity index (χ0v) is 12.8. The molecule has 1 atom stereocenters. The lowest BCUT2D eigenvalue weighted by Gasteiger charge is -2.12. The van der Waals surface area contributed by atoms with Crippen LogP contribution in [0.3, 0.4) is 0 Å². The van der Waals surface area contributed by atoms with Crippen LogP contribution in [0, 0.1) is 13.8 Å². The fourth-order valence-electron chi connectivity index (χ4n) is 1.60. The molecule has 1 aromatic heterocycles. The lowest BCUT2D eigenvalue weighted by Crippen LogP contribution is -2.41. The number of rotatable bonds is 7. The number of carbonyl (C=O) groups excluding carboxylic acids is 2. The number of aromatic nitrogens is 2. The molecule has 116 valence electrons. The van der Waals surface area contributed by atoms with Crippen molar-refractivity contribution in [3.63, 3.8) is 0 Å². The standard InChI is InChI=1S/C12H18N4O4S/c1-6-11(7(2)16-15-6)14-10(18)5-21-4-9(12(19)20)13-8(3)17/h9H,4-5H2,1-3H3,(H,13,17)(H,14,18)(H,15,16)(H,19,20). The largest absolute Gasteiger partial charge is 0.480 e. The average molecular weight is 314 g/mol. The molecule has 0 saturated heterocycles. The number of carboxylic acids is 1. The van der Waals surface area contributed by atoms with Gasteiger partial charge >= 0.3 is 5.97 Å². The maximum atomic E-state index is 11.8. The van der Waals surface area contributed by atoms with Crippen molar-refractivity contribution in [1.29, 1.82) is 0 Å². The SMILES string of the molecule is CC(=O)NC(CSCC(=O)Nc1c(C)n[nH]c1C)C(=O)O. The summed E-state index contributed by atoms with van der Waals surface area (Å²) in [5, 5.41) is 20.7. The first-order valence-corrected chi connectivity index (χ1v) is 7.35. The van der Waals surface area contributed by atoms with Gasteiger partial charge in [0.25, 0.3) is 0 Å². The molecule has 21 heavy (non-hydrogen) atoms. The van der Waals surface area contributed by atoms with Gasteiger partial charge in [0.15, 0.2) is 0 Å². The van der Waals surface area contributed by atoms with Gasteiger partial charge in [0.05, 0.1) is 22.8 Å². The van der Waals surface area contributed by atoms with Gasteiger partial charge in [-0.15, -0.1) is 11.8 Å². The Labute approximate surface area is 126 Å². The monoisotopic (exact) mass is 314 g/mol. The highest BCUT2D eigenvalue weighted by molar-refractivity contribution is 8.00. The van der Waals surface area contributed by atoms with Gasteiger partial charge in [-0.1, -0.05) is 0 Å². The van der Waals surface area contributed by atoms with E-state index in [-0.39, 0.29) is 17.4 Å². The second-order valence-electron chi connectivity index (χ2n) is 4.46. The van der Waals surface area contributed by atoms with Gasteiger partial charge in [-0.05, 0) is 13.8 Å². The Balaban J connectivity index is 2.42. The van der Waals surface area contributed by atoms with E-state index in [0.29, 0.717) is 11.4 Å². The highest BCUT2D eigenvalue weighted by Crippen LogP contribution is 2.16. The number of thioether (sulfide) groups is 1. The predicted octanol–water partition coefficient (Wildman–Crippen LogP) is 0.288. The Kier molecular flexibility index (Phi) is 6.22. The molecule has 0 radical (unpaired) electrons. The minimum absolute atomic E-state index is 0.0907. The van der Waals surface area contributed by atoms with Gasteiger partial charge in [-0.25, -0.2) is 4.79 Å². The lowest BCUT2D eigenvalue weighted by atomic mass is 10.3. The summed E-state index contributed by atoms with van der Waals surface area (Å²) in [6.07, 6.45) is 0. The van der Waals surface area contributed by atoms with Crippen LogP contribution in [0.5, 0.6) is 0 Å². The zero-order chi connectivity index (χ0) is 16.0. The molecular weight excluding hydrogens is 296 g/mol. The number of nitrogens with one attached hydrogen (secondary N) is 3. The van der Waals surface area contributed by atoms with Gasteiger partial charge in [-0.2, -0.15) is 5.10 Å². The van der Waals surface area contributed by atoms with Gasteiger partial charge < -0.3 is 15.7 Å². The number of nitrogens with zero attached hydrogens (tertiary/aromatic N) is 1. The summed E-state index contributed by atoms with van der Waals surface area (Å²) < 4.78 is 0. The molecule has 1 rings (SSSR count). The Morgan fingerprint density at radius 2 is 2.05 bits per heavy atom. The van der Waals surface area contributed by atoms with Crippen molar-refractivity contribution in [2.75, 3.05) is 16.8 Å². The number of amides is 2. The van der Waals surface area contributed by atoms with E-state index in [4.69, 9.17) is 5.11 Å². The molecule has 0 aliphatic heterocycles. The van der Waals surface area contributed by atoms with E-state index in [9.17, 15) is 14.4 Å². The third-order valence-electron chi connectivity index (χ3n) is 2.59. The molecule has 8 nitrogen and oxygen atoms in total. The number of carboxylic acid groups (broad SMARTS) is 1. The van der Waals surface area contributed by atoms with Crippen LogP contribution in [0.25, 0.3) is 0 Å². The Bertz CT molecular complexity index is 524. The highest BCUT2D eigenvalue weighted by atomic mass is 32.2. The van der Waals surface area contributed by atoms with Gasteiger partial charge in [0.1, 0.15) is 6.04 Å². The molecule has 0 aromatic carbocycles. The second kappa shape index (κ2) is 7.67. The van der Waals surface area contributed by atoms with E-state index in [1.54, 1.807) is 13.8 Å². The third kappa shape index (κ3) is 5.46. The number of anilines is 1. The Hall–Kier alpha value is -2.03. The van der Waals surface area contributed by atoms with Crippen LogP contribution in [-0.2, 0) is 14.4 Å². The summed E-state index contributed by atoms with van der Waals surface area (Å²) in [4.78, 5) is 33.6. The fourth-order valence-corrected chi connectivity index (χ4v) is 2.44. The molecule has 1 heterocycles. The van der Waals surface area contributed by atoms with Crippen LogP contribution < -0.4 is 10.6 Å². The molecule has 0 aliphatic rings. The molecule has 2 amide bonds. The summed E-state index contributed by atoms with van der Waals surface area (Å²) in [5.74, 6) is -1.59. The first-order valence-electron chi connectivity index (χ1n) is 6.20. The number of aromatic amines is 1. The van der Waals surface area contributed by atoms with Crippen molar-refractivity contribution in [3.8, 4) is 0 Å². The Morgan fingerprint density at radius 1 is 1.38 bits per heavy atom. The number of aliphatic carboxylic acids is 1. The van der Waals surface area contributed by atoms with E-state index in [1.807, 2.05) is 0 Å². The van der Waals surface area contributed by atoms with Crippen LogP contribution in [0.4, 0.5) is 5.69 Å². The van der Waals surface area contributed by atoms with E-state index < -0.39 is 17.9 Å². The van der Waals surface area contributed by atoms with Gasteiger partial charge in [0.2, 0.25) is 11.8 Å². The van der Waals surface area contributed by atoms with Crippen molar-refractivity contribution in [3.05, 3.63) is 11.4 Å². The number of carbonyl (C=O) groups is 3. The van der Waals surface area contributed by atoms with Crippen molar-refractivity contribution < 1.29 is 19.5 Å². The topological polar surface area (TPSA) is 124 Å². The molecule has 0 aliphatic carbocycles. The number of hydrogen-bond donors (Lipinski definition) is 4. The van der Waals surface area contributed by atoms with Crippen molar-refractivity contribution >= 4 is 35.2 Å². The van der Waals surface area contributed by atoms with Crippen LogP contribution in [-0.4, -0.2) is 50.6 Å². The van der Waals surface area contributed by atoms with Crippen LogP contribution >= 0.6 is 11.8 Å². The van der Waals surface area contributed by atoms with Crippen LogP contribution in [0.2, 0.25) is 0 Å². The molecule has 1 aromatic rings. The maximum Gasteiger partial charge on any atom is 0.327 e. The van der Waals surface area contributed by atoms with Gasteiger partial charge in [-0.3, -0.25) is 14.7 Å². The van der Waals surface area contributed by atoms with Crippen molar-refractivity contribution in [1.82, 2.24) is 15.5 Å². The minimum Gasteiger partial charge on any atom is -0.480 e. The predicted molar refractivity (Wildman–Crippen MR) is 79.3 cm³/mol. The van der Waals surface area contributed by atoms with Crippen molar-refractivity contribution in [2.45, 2.75) is 26.8 Å². The molecule has 0 spiro atoms. The molecule has 9 heteroatoms. The lowest BCUT2D eigenvalue weighted by molar-refractivity contribution is -0.140. The summed E-state index contributed by atoms with van der Waals surface area (Å²) in [6.45, 7) is 4.81. The van der Waals surface area contributed by atoms with Crippen LogP contribution in [0.1, 0.15) is 18.3 Å². The Morgan fingerprint density at radius 3 is 2.52 bits per heavy atom. The van der Waals surface area contributed by atoms with E-state index in [0.717, 1.165) is 17.5 Å². The highest BCUT2D eigenvalue weighted by Gasteiger charge is 2.19. The normalized spacial score (nSPS) is 11.8. The second-order valence-corrected chi connectivity index (χ2v) is 5.49. The quantitative estimate of drug-likeness (QED) is 0.573. The first-order chi connectivity index (χ1) is 9.81. The molecule has 1 unspecified atom stereocenters. The molecule has 0 fully saturated rings.